The van der Waals surface area contributed by atoms with Crippen molar-refractivity contribution in [3.8, 4) is 17.2 Å². The lowest BCUT2D eigenvalue weighted by atomic mass is 9.83. The van der Waals surface area contributed by atoms with Gasteiger partial charge in [-0.2, -0.15) is 0 Å². The molecule has 0 fully saturated rings. The van der Waals surface area contributed by atoms with Crippen LogP contribution < -0.4 is 4.74 Å². The predicted octanol–water partition coefficient (Wildman–Crippen LogP) is 28.8. The van der Waals surface area contributed by atoms with E-state index < -0.39 is 0 Å². The summed E-state index contributed by atoms with van der Waals surface area (Å²) in [4.78, 5) is 49.1. The lowest BCUT2D eigenvalue weighted by Crippen LogP contribution is -2.35. The summed E-state index contributed by atoms with van der Waals surface area (Å²) in [7, 11) is 0. The van der Waals surface area contributed by atoms with Gasteiger partial charge in [0.05, 0.1) is 19.8 Å². The van der Waals surface area contributed by atoms with Crippen LogP contribution >= 0.6 is 0 Å². The largest absolute Gasteiger partial charge is 0.508 e. The third-order valence-electron chi connectivity index (χ3n) is 24.6. The third-order valence-corrected chi connectivity index (χ3v) is 24.6. The number of aromatic hydroxyl groups is 2. The van der Waals surface area contributed by atoms with Crippen molar-refractivity contribution in [2.45, 2.75) is 426 Å². The fourth-order valence-corrected chi connectivity index (χ4v) is 17.1. The number of benzene rings is 2. The molecule has 652 valence electrons. The lowest BCUT2D eigenvalue weighted by molar-refractivity contribution is -0.144. The molecule has 6 rings (SSSR count). The third kappa shape index (κ3) is 58.0. The molecule has 0 bridgehead atoms. The quantitative estimate of drug-likeness (QED) is 0.0216. The number of ether oxygens (including phenoxy) is 2. The Morgan fingerprint density at radius 1 is 0.316 bits per heavy atom. The van der Waals surface area contributed by atoms with E-state index in [0.717, 1.165) is 97.9 Å². The molecule has 11 nitrogen and oxygen atoms in total. The Morgan fingerprint density at radius 3 is 0.886 bits per heavy atom. The first-order valence-corrected chi connectivity index (χ1v) is 48.5. The number of phenolic OH excluding ortho intramolecular Hbond substituents is 2. The Kier molecular flexibility index (Phi) is 66.2. The summed E-state index contributed by atoms with van der Waals surface area (Å²) in [6, 6.07) is 13.2. The maximum Gasteiger partial charge on any atom is 0.311 e. The fraction of sp³-hybridized carbons (Fsp3) is 0.767. The van der Waals surface area contributed by atoms with Crippen LogP contribution in [-0.4, -0.2) is 81.9 Å². The Hall–Kier alpha value is -5.00. The van der Waals surface area contributed by atoms with Crippen molar-refractivity contribution in [1.29, 1.82) is 0 Å². The van der Waals surface area contributed by atoms with E-state index in [-0.39, 0.29) is 42.6 Å². The van der Waals surface area contributed by atoms with Gasteiger partial charge in [0, 0.05) is 45.2 Å². The Balaban J connectivity index is 0.000000394. The summed E-state index contributed by atoms with van der Waals surface area (Å²) in [5.74, 6) is 7.73. The molecule has 8 unspecified atom stereocenters. The van der Waals surface area contributed by atoms with E-state index in [2.05, 4.69) is 83.2 Å². The van der Waals surface area contributed by atoms with E-state index in [9.17, 15) is 29.4 Å². The number of hydrogen-bond acceptors (Lipinski definition) is 10. The Bertz CT molecular complexity index is 2590. The van der Waals surface area contributed by atoms with E-state index in [1.54, 1.807) is 29.2 Å². The highest BCUT2D eigenvalue weighted by atomic mass is 16.5. The highest BCUT2D eigenvalue weighted by Crippen LogP contribution is 2.34. The highest BCUT2D eigenvalue weighted by molar-refractivity contribution is 5.80. The van der Waals surface area contributed by atoms with Crippen molar-refractivity contribution < 1.29 is 49.1 Å². The van der Waals surface area contributed by atoms with Crippen LogP contribution in [0.1, 0.15) is 425 Å². The van der Waals surface area contributed by atoms with Crippen LogP contribution in [0, 0.1) is 47.3 Å². The number of aliphatic hydroxyl groups excluding tert-OH is 2. The van der Waals surface area contributed by atoms with Crippen LogP contribution in [0.5, 0.6) is 17.2 Å². The maximum absolute atomic E-state index is 12.0. The topological polar surface area (TPSA) is 171 Å². The molecule has 0 radical (unpaired) electrons. The summed E-state index contributed by atoms with van der Waals surface area (Å²) in [6.45, 7) is 12.5. The molecule has 0 spiro atoms. The van der Waals surface area contributed by atoms with Gasteiger partial charge in [0.1, 0.15) is 23.0 Å². The van der Waals surface area contributed by atoms with Gasteiger partial charge in [-0.15, -0.1) is 0 Å². The van der Waals surface area contributed by atoms with Gasteiger partial charge in [-0.3, -0.25) is 19.2 Å². The monoisotopic (exact) mass is 1590 g/mol. The molecule has 0 aromatic heterocycles. The second-order valence-corrected chi connectivity index (χ2v) is 35.0. The van der Waals surface area contributed by atoms with E-state index in [1.165, 1.54) is 327 Å². The molecule has 4 aliphatic carbocycles. The number of carbonyl (C=O) groups excluding carboxylic acids is 4. The van der Waals surface area contributed by atoms with Crippen LogP contribution in [0.4, 0.5) is 0 Å². The van der Waals surface area contributed by atoms with Crippen molar-refractivity contribution in [2.75, 3.05) is 32.9 Å². The van der Waals surface area contributed by atoms with Crippen LogP contribution in [0.15, 0.2) is 97.1 Å². The van der Waals surface area contributed by atoms with Gasteiger partial charge in [0.15, 0.2) is 0 Å². The molecule has 114 heavy (non-hydrogen) atoms. The number of Topliss-reactive ketones (excluding diaryl/α,β-unsaturated/α-hetero) is 1. The van der Waals surface area contributed by atoms with E-state index in [4.69, 9.17) is 19.7 Å². The first kappa shape index (κ1) is 103. The molecule has 2 aromatic carbocycles. The molecule has 4 aliphatic rings. The van der Waals surface area contributed by atoms with Crippen molar-refractivity contribution in [1.82, 2.24) is 4.90 Å². The Morgan fingerprint density at radius 2 is 0.579 bits per heavy atom. The Labute approximate surface area is 700 Å². The lowest BCUT2D eigenvalue weighted by Gasteiger charge is -2.23. The molecule has 2 aromatic rings. The van der Waals surface area contributed by atoms with Gasteiger partial charge in [-0.25, -0.2) is 0 Å². The fourth-order valence-electron chi connectivity index (χ4n) is 17.1. The number of aliphatic hydroxyl groups is 2. The summed E-state index contributed by atoms with van der Waals surface area (Å²) in [5.41, 5.74) is 0.997. The number of rotatable bonds is 64. The average Bonchev–Trinajstić information content (AvgIpc) is 0.928. The summed E-state index contributed by atoms with van der Waals surface area (Å²) < 4.78 is 10.6. The first-order chi connectivity index (χ1) is 55.8. The molecular formula is C103H175NO10. The molecule has 11 heteroatoms. The molecule has 0 heterocycles. The number of hydrogen-bond donors (Lipinski definition) is 4. The van der Waals surface area contributed by atoms with Crippen LogP contribution in [0.25, 0.3) is 0 Å². The zero-order chi connectivity index (χ0) is 82.2. The molecular weight excluding hydrogens is 1410 g/mol. The van der Waals surface area contributed by atoms with Crippen LogP contribution in [0.3, 0.4) is 0 Å². The molecule has 1 amide bonds. The van der Waals surface area contributed by atoms with Gasteiger partial charge in [-0.05, 0) is 224 Å². The molecule has 8 atom stereocenters. The van der Waals surface area contributed by atoms with E-state index in [0.29, 0.717) is 63.3 Å². The van der Waals surface area contributed by atoms with E-state index in [1.807, 2.05) is 12.1 Å². The smallest absolute Gasteiger partial charge is 0.311 e. The number of nitrogens with zero attached hydrogens (tertiary/aromatic N) is 1. The highest BCUT2D eigenvalue weighted by Gasteiger charge is 2.21. The molecule has 0 saturated carbocycles. The maximum atomic E-state index is 12.0. The zero-order valence-electron chi connectivity index (χ0n) is 74.2. The minimum Gasteiger partial charge on any atom is -0.508 e. The molecule has 0 aliphatic heterocycles. The number of amides is 1. The number of allylic oxidation sites excluding steroid dienone is 8. The van der Waals surface area contributed by atoms with Gasteiger partial charge >= 0.3 is 11.9 Å². The number of ketones is 1. The summed E-state index contributed by atoms with van der Waals surface area (Å²) in [5, 5.41) is 36.5. The number of phenols is 2. The van der Waals surface area contributed by atoms with Gasteiger partial charge in [-0.1, -0.05) is 320 Å². The van der Waals surface area contributed by atoms with Crippen LogP contribution in [0.2, 0.25) is 0 Å². The normalized spacial score (nSPS) is 18.9. The zero-order valence-corrected chi connectivity index (χ0v) is 74.2. The predicted molar refractivity (Wildman–Crippen MR) is 482 cm³/mol. The molecule has 0 saturated heterocycles. The average molecular weight is 1590 g/mol. The van der Waals surface area contributed by atoms with Gasteiger partial charge < -0.3 is 34.8 Å². The van der Waals surface area contributed by atoms with Crippen molar-refractivity contribution >= 4 is 23.6 Å². The summed E-state index contributed by atoms with van der Waals surface area (Å²) in [6.07, 6.45) is 95.3. The number of unbranched alkanes of at least 4 members (excludes halogenated alkanes) is 31. The van der Waals surface area contributed by atoms with Crippen molar-refractivity contribution in [3.05, 3.63) is 103 Å². The minimum absolute atomic E-state index is 0.00749. The minimum atomic E-state index is -0.188. The molecule has 4 N–H and O–H groups in total. The van der Waals surface area contributed by atoms with Gasteiger partial charge in [0.2, 0.25) is 5.91 Å². The SMILES string of the molecule is CCCCCCC1C=CC(CCCCCCCC(=O)Cc2ccc(O)cc2)CC1.CCCCCCC1C=CC(CCCCCCCC(=O)N(CCO)CCO)CC1.CCCCCCC1C=CC(CCCCCCCC(=O)Oc2ccc(O)cc2)CC1.CCCCCCOC(=O)CCCCCCCC1C=CC(CCCCCC)CC1. The van der Waals surface area contributed by atoms with Crippen molar-refractivity contribution in [2.24, 2.45) is 47.3 Å². The second kappa shape index (κ2) is 73.2. The summed E-state index contributed by atoms with van der Waals surface area (Å²) >= 11 is 0. The van der Waals surface area contributed by atoms with E-state index >= 15 is 0 Å². The van der Waals surface area contributed by atoms with Gasteiger partial charge in [0.25, 0.3) is 0 Å². The standard InChI is InChI=1S/C27H42O2.C26H40O3.C26H48O2.C24H45NO3/c1-2-3-4-8-11-23-14-16-24(17-15-23)12-9-6-5-7-10-13-27(29)22-25-18-20-26(28)21-19-25;1-2-3-4-8-11-22-14-16-23(17-15-22)12-9-6-5-7-10-13-26(28)29-25-20-18-24(27)19-21-25;1-3-5-7-12-16-24-19-21-25(22-20-24)17-13-10-9-11-14-18-26(27)28-23-15-8-6-4-2;1-2-3-4-8-11-22-14-16-23(17-15-22)12-9-6-5-7-10-13-24(28)25(18-20-26)19-21-27/h14,16,18-21,23-24,28H,2-13,15,17,22H2,1H3;14,16,18-23,27H,2-13,15,17H2,1H3;19,21,24-25H,3-18,20,22-23H2,1-2H3;14,16,22-23,26-27H,2-13,15,17-21H2,1H3. The second-order valence-electron chi connectivity index (χ2n) is 35.0. The van der Waals surface area contributed by atoms with Crippen molar-refractivity contribution in [3.63, 3.8) is 0 Å². The number of esters is 2. The number of carbonyl (C=O) groups is 4. The first-order valence-electron chi connectivity index (χ1n) is 48.5. The van der Waals surface area contributed by atoms with Crippen LogP contribution in [-0.2, 0) is 30.3 Å².